The van der Waals surface area contributed by atoms with Gasteiger partial charge in [-0.15, -0.1) is 0 Å². The molecule has 1 aromatic rings. The third kappa shape index (κ3) is 4.12. The number of aliphatic hydroxyl groups excluding tert-OH is 1. The van der Waals surface area contributed by atoms with Crippen LogP contribution in [0.4, 0.5) is 8.78 Å². The van der Waals surface area contributed by atoms with Crippen LogP contribution in [0.3, 0.4) is 0 Å². The van der Waals surface area contributed by atoms with Gasteiger partial charge in [-0.05, 0) is 78.9 Å². The third-order valence-corrected chi connectivity index (χ3v) is 11.9. The smallest absolute Gasteiger partial charge is 0.337 e. The van der Waals surface area contributed by atoms with Gasteiger partial charge in [-0.2, -0.15) is 0 Å². The fourth-order valence-electron chi connectivity index (χ4n) is 9.97. The number of carbonyl (C=O) groups is 4. The number of methoxy groups -OCH3 is 1. The fraction of sp³-hybridized carbons (Fsp3) is 0.588. The van der Waals surface area contributed by atoms with Gasteiger partial charge in [0.05, 0.1) is 24.2 Å². The molecule has 3 saturated carbocycles. The number of halogens is 2. The first-order chi connectivity index (χ1) is 20.7. The summed E-state index contributed by atoms with van der Waals surface area (Å²) >= 11 is 0. The van der Waals surface area contributed by atoms with Crippen LogP contribution in [0.1, 0.15) is 56.0 Å². The molecule has 9 atom stereocenters. The van der Waals surface area contributed by atoms with Crippen LogP contribution in [0.2, 0.25) is 0 Å². The minimum absolute atomic E-state index is 0.0414. The maximum atomic E-state index is 17.7. The summed E-state index contributed by atoms with van der Waals surface area (Å²) in [5.74, 6) is -3.33. The number of hydrogen-bond donors (Lipinski definition) is 1. The molecule has 236 valence electrons. The molecule has 0 radical (unpaired) electrons. The molecule has 1 N–H and O–H groups in total. The highest BCUT2D eigenvalue weighted by molar-refractivity contribution is 6.01. The van der Waals surface area contributed by atoms with Gasteiger partial charge in [-0.1, -0.05) is 25.1 Å². The molecule has 0 unspecified atom stereocenters. The molecule has 8 nitrogen and oxygen atoms in total. The van der Waals surface area contributed by atoms with E-state index in [0.717, 1.165) is 5.56 Å². The molecular formula is C34H39F2NO7. The van der Waals surface area contributed by atoms with Crippen molar-refractivity contribution in [2.24, 2.45) is 34.0 Å². The molecule has 10 heteroatoms. The molecule has 0 amide bonds. The van der Waals surface area contributed by atoms with Crippen molar-refractivity contribution in [1.29, 1.82) is 0 Å². The lowest BCUT2D eigenvalue weighted by Crippen LogP contribution is -2.69. The molecule has 44 heavy (non-hydrogen) atoms. The topological polar surface area (TPSA) is 110 Å². The first-order valence-corrected chi connectivity index (χ1v) is 15.2. The number of benzene rings is 1. The highest BCUT2D eigenvalue weighted by Crippen LogP contribution is 2.74. The van der Waals surface area contributed by atoms with Crippen molar-refractivity contribution in [2.75, 3.05) is 26.8 Å². The lowest BCUT2D eigenvalue weighted by Gasteiger charge is -2.63. The molecule has 0 bridgehead atoms. The van der Waals surface area contributed by atoms with Crippen LogP contribution in [0, 0.1) is 34.0 Å². The summed E-state index contributed by atoms with van der Waals surface area (Å²) in [5.41, 5.74) is -4.44. The molecule has 1 saturated heterocycles. The number of Topliss-reactive ketones (excluding diaryl/α,β-unsaturated/α-hetero) is 1. The van der Waals surface area contributed by atoms with Crippen LogP contribution in [-0.2, 0) is 30.4 Å². The Bertz CT molecular complexity index is 1490. The monoisotopic (exact) mass is 611 g/mol. The quantitative estimate of drug-likeness (QED) is 0.482. The van der Waals surface area contributed by atoms with Crippen LogP contribution in [0.15, 0.2) is 48.1 Å². The fourth-order valence-corrected chi connectivity index (χ4v) is 9.97. The van der Waals surface area contributed by atoms with Crippen LogP contribution in [0.5, 0.6) is 0 Å². The summed E-state index contributed by atoms with van der Waals surface area (Å²) < 4.78 is 43.6. The summed E-state index contributed by atoms with van der Waals surface area (Å²) in [5, 5.41) is 11.8. The number of likely N-dealkylation sites (tertiary alicyclic amines) is 1. The Hall–Kier alpha value is -3.24. The third-order valence-electron chi connectivity index (χ3n) is 11.9. The van der Waals surface area contributed by atoms with Gasteiger partial charge in [0.25, 0.3) is 0 Å². The number of fused-ring (bicyclic) bond motifs is 7. The van der Waals surface area contributed by atoms with Crippen molar-refractivity contribution in [3.8, 4) is 0 Å². The average molecular weight is 612 g/mol. The van der Waals surface area contributed by atoms with E-state index in [4.69, 9.17) is 9.47 Å². The molecule has 4 aliphatic carbocycles. The minimum atomic E-state index is -2.24. The van der Waals surface area contributed by atoms with Gasteiger partial charge >= 0.3 is 11.9 Å². The zero-order valence-corrected chi connectivity index (χ0v) is 25.5. The Labute approximate surface area is 255 Å². The lowest BCUT2D eigenvalue weighted by molar-refractivity contribution is -0.212. The van der Waals surface area contributed by atoms with Crippen molar-refractivity contribution >= 4 is 23.5 Å². The van der Waals surface area contributed by atoms with Crippen LogP contribution in [0.25, 0.3) is 0 Å². The Balaban J connectivity index is 1.38. The summed E-state index contributed by atoms with van der Waals surface area (Å²) in [6, 6.07) is 7.06. The van der Waals surface area contributed by atoms with Gasteiger partial charge < -0.3 is 14.6 Å². The number of esters is 2. The van der Waals surface area contributed by atoms with E-state index in [1.165, 1.54) is 32.3 Å². The summed E-state index contributed by atoms with van der Waals surface area (Å²) in [7, 11) is 1.32. The van der Waals surface area contributed by atoms with Gasteiger partial charge in [0, 0.05) is 37.9 Å². The Morgan fingerprint density at radius 2 is 1.91 bits per heavy atom. The van der Waals surface area contributed by atoms with E-state index < -0.39 is 70.4 Å². The standard InChI is InChI=1S/C34H39F2NO7/c1-19(38)44-17-29(41)33-18-37(15-20-6-5-7-21(10-20)30(42)43-4)16-22(33)11-24-25-13-27(35)26-12-23(39)8-9-31(26,2)34(25,36)28(40)14-32(24,33)3/h5-10,12,22,24-25,27-28,40H,11,13-18H2,1-4H3/t22-,24-,25-,27-,28-,31-,32-,33+,34-/m0/s1. The maximum Gasteiger partial charge on any atom is 0.337 e. The summed E-state index contributed by atoms with van der Waals surface area (Å²) in [6.45, 7) is 5.46. The molecule has 1 heterocycles. The normalized spacial score (nSPS) is 40.8. The van der Waals surface area contributed by atoms with Gasteiger partial charge in [-0.3, -0.25) is 19.3 Å². The van der Waals surface area contributed by atoms with Gasteiger partial charge in [0.2, 0.25) is 0 Å². The zero-order valence-electron chi connectivity index (χ0n) is 25.5. The minimum Gasteiger partial charge on any atom is -0.465 e. The second-order valence-electron chi connectivity index (χ2n) is 13.8. The highest BCUT2D eigenvalue weighted by Gasteiger charge is 2.78. The molecule has 0 spiro atoms. The number of nitrogens with zero attached hydrogens (tertiary/aromatic N) is 1. The number of allylic oxidation sites excluding steroid dienone is 4. The molecular weight excluding hydrogens is 572 g/mol. The number of aliphatic hydroxyl groups is 1. The second-order valence-corrected chi connectivity index (χ2v) is 13.8. The highest BCUT2D eigenvalue weighted by atomic mass is 19.1. The maximum absolute atomic E-state index is 17.7. The van der Waals surface area contributed by atoms with E-state index in [1.807, 2.05) is 13.0 Å². The molecule has 6 rings (SSSR count). The van der Waals surface area contributed by atoms with Crippen molar-refractivity contribution in [2.45, 2.75) is 64.5 Å². The van der Waals surface area contributed by atoms with E-state index in [9.17, 15) is 24.3 Å². The lowest BCUT2D eigenvalue weighted by atomic mass is 9.43. The van der Waals surface area contributed by atoms with Gasteiger partial charge in [-0.25, -0.2) is 13.6 Å². The zero-order chi connectivity index (χ0) is 31.8. The molecule has 0 aromatic heterocycles. The van der Waals surface area contributed by atoms with E-state index in [0.29, 0.717) is 25.1 Å². The van der Waals surface area contributed by atoms with E-state index >= 15 is 8.78 Å². The number of carbonyl (C=O) groups excluding carboxylic acids is 4. The Morgan fingerprint density at radius 3 is 2.61 bits per heavy atom. The molecule has 1 aliphatic heterocycles. The Morgan fingerprint density at radius 1 is 1.16 bits per heavy atom. The van der Waals surface area contributed by atoms with Crippen molar-refractivity contribution in [3.63, 3.8) is 0 Å². The van der Waals surface area contributed by atoms with Crippen molar-refractivity contribution < 1.29 is 42.5 Å². The van der Waals surface area contributed by atoms with E-state index in [-0.39, 0.29) is 36.7 Å². The van der Waals surface area contributed by atoms with Gasteiger partial charge in [0.1, 0.15) is 6.17 Å². The van der Waals surface area contributed by atoms with Crippen molar-refractivity contribution in [1.82, 2.24) is 4.90 Å². The Kier molecular flexibility index (Phi) is 7.28. The molecule has 1 aromatic carbocycles. The largest absolute Gasteiger partial charge is 0.465 e. The first kappa shape index (κ1) is 30.8. The first-order valence-electron chi connectivity index (χ1n) is 15.2. The number of hydrogen-bond acceptors (Lipinski definition) is 8. The number of ketones is 2. The number of alkyl halides is 2. The molecule has 4 fully saturated rings. The van der Waals surface area contributed by atoms with E-state index in [1.54, 1.807) is 25.1 Å². The summed E-state index contributed by atoms with van der Waals surface area (Å²) in [6.07, 6.45) is 0.941. The molecule has 5 aliphatic rings. The van der Waals surface area contributed by atoms with Gasteiger partial charge in [0.15, 0.2) is 23.8 Å². The second kappa shape index (κ2) is 10.4. The van der Waals surface area contributed by atoms with E-state index in [2.05, 4.69) is 4.90 Å². The van der Waals surface area contributed by atoms with Crippen LogP contribution in [-0.4, -0.2) is 78.3 Å². The SMILES string of the molecule is COC(=O)c1cccc(CN2C[C@@H]3C[C@H]4[C@@H]5C[C@H](F)C6=CC(=O)C=C[C@]6(C)[C@@]5(F)[C@@H](O)C[C@]4(C)[C@]3(C(=O)COC(C)=O)C2)c1. The predicted octanol–water partition coefficient (Wildman–Crippen LogP) is 3.95. The van der Waals surface area contributed by atoms with Crippen molar-refractivity contribution in [3.05, 3.63) is 59.2 Å². The number of ether oxygens (including phenoxy) is 2. The van der Waals surface area contributed by atoms with Crippen LogP contribution < -0.4 is 0 Å². The number of rotatable bonds is 6. The average Bonchev–Trinajstić information content (AvgIpc) is 3.46. The summed E-state index contributed by atoms with van der Waals surface area (Å²) in [4.78, 5) is 52.4. The predicted molar refractivity (Wildman–Crippen MR) is 155 cm³/mol. The van der Waals surface area contributed by atoms with Crippen LogP contribution >= 0.6 is 0 Å².